The number of anilines is 1. The summed E-state index contributed by atoms with van der Waals surface area (Å²) in [6.07, 6.45) is 0. The van der Waals surface area contributed by atoms with Crippen LogP contribution in [0.4, 0.5) is 5.69 Å². The third-order valence-electron chi connectivity index (χ3n) is 3.02. The van der Waals surface area contributed by atoms with E-state index in [1.54, 1.807) is 6.07 Å². The second-order valence-corrected chi connectivity index (χ2v) is 5.28. The number of morpholine rings is 1. The van der Waals surface area contributed by atoms with Crippen molar-refractivity contribution in [3.8, 4) is 0 Å². The van der Waals surface area contributed by atoms with E-state index in [-0.39, 0.29) is 5.91 Å². The van der Waals surface area contributed by atoms with Crippen molar-refractivity contribution in [3.63, 3.8) is 0 Å². The second-order valence-electron chi connectivity index (χ2n) is 4.49. The van der Waals surface area contributed by atoms with Crippen LogP contribution in [0.25, 0.3) is 0 Å². The maximum absolute atomic E-state index is 12.0. The molecule has 1 aromatic rings. The Hall–Kier alpha value is -0.810. The molecule has 0 radical (unpaired) electrons. The van der Waals surface area contributed by atoms with E-state index in [1.165, 1.54) is 0 Å². The molecule has 0 aromatic heterocycles. The first-order valence-electron chi connectivity index (χ1n) is 6.12. The first-order valence-corrected chi connectivity index (χ1v) is 6.88. The third-order valence-corrected chi connectivity index (χ3v) is 3.82. The van der Waals surface area contributed by atoms with Crippen molar-refractivity contribution in [1.82, 2.24) is 4.90 Å². The van der Waals surface area contributed by atoms with Crippen LogP contribution in [-0.2, 0) is 9.53 Å². The van der Waals surface area contributed by atoms with Gasteiger partial charge in [0.15, 0.2) is 0 Å². The number of halogens is 2. The summed E-state index contributed by atoms with van der Waals surface area (Å²) in [5, 5.41) is 3.72. The predicted octanol–water partition coefficient (Wildman–Crippen LogP) is 2.57. The van der Waals surface area contributed by atoms with E-state index in [0.717, 1.165) is 18.7 Å². The number of carbonyl (C=O) groups is 1. The molecular formula is C13H16Cl2N2O2. The summed E-state index contributed by atoms with van der Waals surface area (Å²) in [5.74, 6) is -0.115. The van der Waals surface area contributed by atoms with E-state index < -0.39 is 0 Å². The molecule has 0 aliphatic carbocycles. The molecule has 1 aliphatic rings. The molecular weight excluding hydrogens is 287 g/mol. The average Bonchev–Trinajstić information content (AvgIpc) is 2.40. The van der Waals surface area contributed by atoms with E-state index in [9.17, 15) is 4.79 Å². The van der Waals surface area contributed by atoms with Crippen LogP contribution in [0.1, 0.15) is 5.56 Å². The highest BCUT2D eigenvalue weighted by Crippen LogP contribution is 2.32. The van der Waals surface area contributed by atoms with Gasteiger partial charge in [-0.3, -0.25) is 9.69 Å². The molecule has 4 nitrogen and oxygen atoms in total. The highest BCUT2D eigenvalue weighted by Gasteiger charge is 2.16. The maximum Gasteiger partial charge on any atom is 0.238 e. The quantitative estimate of drug-likeness (QED) is 0.933. The highest BCUT2D eigenvalue weighted by atomic mass is 35.5. The minimum atomic E-state index is -0.115. The molecule has 0 unspecified atom stereocenters. The molecule has 19 heavy (non-hydrogen) atoms. The Morgan fingerprint density at radius 2 is 2.05 bits per heavy atom. The van der Waals surface area contributed by atoms with Crippen LogP contribution in [-0.4, -0.2) is 43.7 Å². The van der Waals surface area contributed by atoms with Crippen LogP contribution in [0.5, 0.6) is 0 Å². The molecule has 0 atom stereocenters. The summed E-state index contributed by atoms with van der Waals surface area (Å²) in [4.78, 5) is 14.0. The summed E-state index contributed by atoms with van der Waals surface area (Å²) in [6, 6.07) is 3.55. The minimum Gasteiger partial charge on any atom is -0.379 e. The summed E-state index contributed by atoms with van der Waals surface area (Å²) >= 11 is 12.2. The van der Waals surface area contributed by atoms with Gasteiger partial charge < -0.3 is 10.1 Å². The van der Waals surface area contributed by atoms with E-state index in [4.69, 9.17) is 27.9 Å². The number of benzene rings is 1. The third kappa shape index (κ3) is 3.83. The number of nitrogens with zero attached hydrogens (tertiary/aromatic N) is 1. The van der Waals surface area contributed by atoms with Gasteiger partial charge in [-0.15, -0.1) is 0 Å². The lowest BCUT2D eigenvalue weighted by Gasteiger charge is -2.26. The molecule has 1 aromatic carbocycles. The average molecular weight is 303 g/mol. The van der Waals surface area contributed by atoms with Crippen molar-refractivity contribution in [3.05, 3.63) is 27.7 Å². The lowest BCUT2D eigenvalue weighted by Crippen LogP contribution is -2.41. The summed E-state index contributed by atoms with van der Waals surface area (Å²) < 4.78 is 5.24. The fourth-order valence-corrected chi connectivity index (χ4v) is 2.38. The van der Waals surface area contributed by atoms with Crippen molar-refractivity contribution in [2.75, 3.05) is 38.2 Å². The first-order chi connectivity index (χ1) is 9.08. The number of amides is 1. The molecule has 0 spiro atoms. The molecule has 1 amide bonds. The van der Waals surface area contributed by atoms with Gasteiger partial charge >= 0.3 is 0 Å². The SMILES string of the molecule is Cc1ccc(Cl)c(NC(=O)CN2CCOCC2)c1Cl. The minimum absolute atomic E-state index is 0.115. The van der Waals surface area contributed by atoms with E-state index >= 15 is 0 Å². The molecule has 1 heterocycles. The number of hydrogen-bond acceptors (Lipinski definition) is 3. The molecule has 2 rings (SSSR count). The van der Waals surface area contributed by atoms with Crippen LogP contribution in [0, 0.1) is 6.92 Å². The predicted molar refractivity (Wildman–Crippen MR) is 77.1 cm³/mol. The van der Waals surface area contributed by atoms with Gasteiger partial charge in [-0.05, 0) is 18.6 Å². The molecule has 6 heteroatoms. The fraction of sp³-hybridized carbons (Fsp3) is 0.462. The molecule has 1 saturated heterocycles. The fourth-order valence-electron chi connectivity index (χ4n) is 1.91. The smallest absolute Gasteiger partial charge is 0.238 e. The van der Waals surface area contributed by atoms with Crippen molar-refractivity contribution >= 4 is 34.8 Å². The normalized spacial score (nSPS) is 16.4. The zero-order valence-electron chi connectivity index (χ0n) is 10.7. The van der Waals surface area contributed by atoms with E-state index in [2.05, 4.69) is 5.32 Å². The van der Waals surface area contributed by atoms with Gasteiger partial charge in [-0.2, -0.15) is 0 Å². The zero-order valence-corrected chi connectivity index (χ0v) is 12.2. The van der Waals surface area contributed by atoms with E-state index in [0.29, 0.717) is 35.5 Å². The Bertz CT molecular complexity index is 474. The number of ether oxygens (including phenoxy) is 1. The van der Waals surface area contributed by atoms with Crippen molar-refractivity contribution < 1.29 is 9.53 Å². The molecule has 0 saturated carbocycles. The topological polar surface area (TPSA) is 41.6 Å². The number of carbonyl (C=O) groups excluding carboxylic acids is 1. The van der Waals surface area contributed by atoms with Crippen LogP contribution >= 0.6 is 23.2 Å². The molecule has 104 valence electrons. The zero-order chi connectivity index (χ0) is 13.8. The Balaban J connectivity index is 2.00. The summed E-state index contributed by atoms with van der Waals surface area (Å²) in [5.41, 5.74) is 1.37. The Morgan fingerprint density at radius 3 is 2.74 bits per heavy atom. The molecule has 0 bridgehead atoms. The van der Waals surface area contributed by atoms with Crippen molar-refractivity contribution in [2.24, 2.45) is 0 Å². The van der Waals surface area contributed by atoms with Gasteiger partial charge in [0.2, 0.25) is 5.91 Å². The number of rotatable bonds is 3. The van der Waals surface area contributed by atoms with E-state index in [1.807, 2.05) is 17.9 Å². The van der Waals surface area contributed by atoms with Crippen LogP contribution < -0.4 is 5.32 Å². The summed E-state index contributed by atoms with van der Waals surface area (Å²) in [6.45, 7) is 5.06. The van der Waals surface area contributed by atoms with Gasteiger partial charge in [0.1, 0.15) is 0 Å². The monoisotopic (exact) mass is 302 g/mol. The van der Waals surface area contributed by atoms with Crippen LogP contribution in [0.15, 0.2) is 12.1 Å². The largest absolute Gasteiger partial charge is 0.379 e. The Kier molecular flexibility index (Phi) is 5.05. The van der Waals surface area contributed by atoms with Crippen molar-refractivity contribution in [2.45, 2.75) is 6.92 Å². The van der Waals surface area contributed by atoms with Crippen LogP contribution in [0.3, 0.4) is 0 Å². The number of aryl methyl sites for hydroxylation is 1. The van der Waals surface area contributed by atoms with Gasteiger partial charge in [-0.1, -0.05) is 29.3 Å². The lowest BCUT2D eigenvalue weighted by molar-refractivity contribution is -0.118. The van der Waals surface area contributed by atoms with Gasteiger partial charge in [0.25, 0.3) is 0 Å². The number of hydrogen-bond donors (Lipinski definition) is 1. The highest BCUT2D eigenvalue weighted by molar-refractivity contribution is 6.40. The van der Waals surface area contributed by atoms with Crippen molar-refractivity contribution in [1.29, 1.82) is 0 Å². The number of nitrogens with one attached hydrogen (secondary N) is 1. The van der Waals surface area contributed by atoms with Gasteiger partial charge in [-0.25, -0.2) is 0 Å². The molecule has 1 aliphatic heterocycles. The van der Waals surface area contributed by atoms with Gasteiger partial charge in [0, 0.05) is 13.1 Å². The maximum atomic E-state index is 12.0. The van der Waals surface area contributed by atoms with Gasteiger partial charge in [0.05, 0.1) is 35.5 Å². The first kappa shape index (κ1) is 14.6. The molecule has 1 fully saturated rings. The van der Waals surface area contributed by atoms with Crippen LogP contribution in [0.2, 0.25) is 10.0 Å². The summed E-state index contributed by atoms with van der Waals surface area (Å²) in [7, 11) is 0. The molecule has 1 N–H and O–H groups in total. The standard InChI is InChI=1S/C13H16Cl2N2O2/c1-9-2-3-10(14)13(12(9)15)16-11(18)8-17-4-6-19-7-5-17/h2-3H,4-8H2,1H3,(H,16,18). The Morgan fingerprint density at radius 1 is 1.37 bits per heavy atom. The lowest BCUT2D eigenvalue weighted by atomic mass is 10.2. The second kappa shape index (κ2) is 6.57. The Labute approximate surface area is 122 Å².